The maximum Gasteiger partial charge on any atom is 0.251 e. The van der Waals surface area contributed by atoms with Gasteiger partial charge in [-0.25, -0.2) is 4.98 Å². The molecule has 0 saturated heterocycles. The van der Waals surface area contributed by atoms with Crippen molar-refractivity contribution in [2.75, 3.05) is 5.73 Å². The van der Waals surface area contributed by atoms with Crippen LogP contribution < -0.4 is 11.1 Å². The summed E-state index contributed by atoms with van der Waals surface area (Å²) >= 11 is 13.4. The summed E-state index contributed by atoms with van der Waals surface area (Å²) in [4.78, 5) is 16.4. The van der Waals surface area contributed by atoms with Crippen molar-refractivity contribution in [3.8, 4) is 0 Å². The van der Waals surface area contributed by atoms with Crippen molar-refractivity contribution in [2.45, 2.75) is 19.4 Å². The number of nitrogens with two attached hydrogens (primary N) is 1. The predicted octanol–water partition coefficient (Wildman–Crippen LogP) is 3.91. The summed E-state index contributed by atoms with van der Waals surface area (Å²) in [6, 6.07) is 2.89. The van der Waals surface area contributed by atoms with Gasteiger partial charge in [0.15, 0.2) is 0 Å². The number of carbonyl (C=O) groups excluding carboxylic acids is 1. The second kappa shape index (κ2) is 6.43. The summed E-state index contributed by atoms with van der Waals surface area (Å²) in [5.74, 6) is -0.254. The molecule has 0 radical (unpaired) electrons. The number of aromatic nitrogens is 1. The SMILES string of the molecule is CCC(NC(=O)c1cc(Cl)c(N)c(Cl)c1)c1nccs1. The van der Waals surface area contributed by atoms with Gasteiger partial charge in [-0.05, 0) is 18.6 Å². The minimum absolute atomic E-state index is 0.127. The summed E-state index contributed by atoms with van der Waals surface area (Å²) in [6.07, 6.45) is 2.46. The fourth-order valence-corrected chi connectivity index (χ4v) is 2.96. The lowest BCUT2D eigenvalue weighted by Crippen LogP contribution is -2.28. The van der Waals surface area contributed by atoms with Gasteiger partial charge in [0.1, 0.15) is 5.01 Å². The maximum atomic E-state index is 12.2. The van der Waals surface area contributed by atoms with Crippen molar-refractivity contribution in [3.05, 3.63) is 44.3 Å². The Balaban J connectivity index is 2.19. The summed E-state index contributed by atoms with van der Waals surface area (Å²) in [5.41, 5.74) is 6.31. The lowest BCUT2D eigenvalue weighted by molar-refractivity contribution is 0.0935. The molecule has 0 aliphatic heterocycles. The van der Waals surface area contributed by atoms with E-state index in [1.807, 2.05) is 12.3 Å². The molecule has 1 aromatic heterocycles. The van der Waals surface area contributed by atoms with Crippen molar-refractivity contribution in [3.63, 3.8) is 0 Å². The van der Waals surface area contributed by atoms with Gasteiger partial charge in [-0.3, -0.25) is 4.79 Å². The normalized spacial score (nSPS) is 12.2. The smallest absolute Gasteiger partial charge is 0.251 e. The number of benzene rings is 1. The van der Waals surface area contributed by atoms with Crippen LogP contribution in [0.25, 0.3) is 0 Å². The molecule has 106 valence electrons. The molecule has 3 N–H and O–H groups in total. The number of rotatable bonds is 4. The van der Waals surface area contributed by atoms with Gasteiger partial charge in [-0.1, -0.05) is 30.1 Å². The summed E-state index contributed by atoms with van der Waals surface area (Å²) in [7, 11) is 0. The molecule has 0 bridgehead atoms. The summed E-state index contributed by atoms with van der Waals surface area (Å²) < 4.78 is 0. The van der Waals surface area contributed by atoms with Crippen LogP contribution in [-0.4, -0.2) is 10.9 Å². The van der Waals surface area contributed by atoms with Crippen LogP contribution in [-0.2, 0) is 0 Å². The molecule has 20 heavy (non-hydrogen) atoms. The van der Waals surface area contributed by atoms with Gasteiger partial charge in [0.05, 0.1) is 21.8 Å². The highest BCUT2D eigenvalue weighted by Gasteiger charge is 2.17. The maximum absolute atomic E-state index is 12.2. The first-order valence-electron chi connectivity index (χ1n) is 5.97. The number of hydrogen-bond acceptors (Lipinski definition) is 4. The molecule has 2 aromatic rings. The van der Waals surface area contributed by atoms with Crippen molar-refractivity contribution < 1.29 is 4.79 Å². The van der Waals surface area contributed by atoms with E-state index in [0.717, 1.165) is 11.4 Å². The van der Waals surface area contributed by atoms with Crippen LogP contribution in [0.1, 0.15) is 34.8 Å². The standard InChI is InChI=1S/C13H13Cl2N3OS/c1-2-10(13-17-3-4-20-13)18-12(19)7-5-8(14)11(16)9(15)6-7/h3-6,10H,2,16H2,1H3,(H,18,19). The zero-order chi connectivity index (χ0) is 14.7. The second-order valence-corrected chi connectivity index (χ2v) is 5.90. The van der Waals surface area contributed by atoms with Crippen LogP contribution in [0.15, 0.2) is 23.7 Å². The third-order valence-electron chi connectivity index (χ3n) is 2.80. The van der Waals surface area contributed by atoms with Gasteiger partial charge < -0.3 is 11.1 Å². The zero-order valence-corrected chi connectivity index (χ0v) is 13.0. The van der Waals surface area contributed by atoms with Crippen LogP contribution in [0.4, 0.5) is 5.69 Å². The number of halogens is 2. The lowest BCUT2D eigenvalue weighted by atomic mass is 10.1. The molecule has 0 saturated carbocycles. The Morgan fingerprint density at radius 1 is 1.45 bits per heavy atom. The van der Waals surface area contributed by atoms with Crippen LogP contribution in [0.3, 0.4) is 0 Å². The Kier molecular flexibility index (Phi) is 4.86. The second-order valence-electron chi connectivity index (χ2n) is 4.16. The minimum atomic E-state index is -0.254. The lowest BCUT2D eigenvalue weighted by Gasteiger charge is -2.15. The monoisotopic (exact) mass is 329 g/mol. The number of carbonyl (C=O) groups is 1. The summed E-state index contributed by atoms with van der Waals surface area (Å²) in [5, 5.41) is 6.19. The van der Waals surface area contributed by atoms with Gasteiger partial charge >= 0.3 is 0 Å². The number of thiazole rings is 1. The Hall–Kier alpha value is -1.30. The van der Waals surface area contributed by atoms with E-state index < -0.39 is 0 Å². The first-order chi connectivity index (χ1) is 9.52. The average Bonchev–Trinajstić information content (AvgIpc) is 2.95. The van der Waals surface area contributed by atoms with E-state index in [2.05, 4.69) is 10.3 Å². The van der Waals surface area contributed by atoms with Crippen molar-refractivity contribution in [1.82, 2.24) is 10.3 Å². The molecule has 1 aromatic carbocycles. The molecular weight excluding hydrogens is 317 g/mol. The van der Waals surface area contributed by atoms with E-state index in [4.69, 9.17) is 28.9 Å². The van der Waals surface area contributed by atoms with Gasteiger partial charge in [-0.15, -0.1) is 11.3 Å². The largest absolute Gasteiger partial charge is 0.396 e. The fraction of sp³-hybridized carbons (Fsp3) is 0.231. The van der Waals surface area contributed by atoms with E-state index in [1.165, 1.54) is 23.5 Å². The average molecular weight is 330 g/mol. The van der Waals surface area contributed by atoms with E-state index in [9.17, 15) is 4.79 Å². The Labute approximate surface area is 130 Å². The zero-order valence-electron chi connectivity index (χ0n) is 10.7. The molecular formula is C13H13Cl2N3OS. The number of nitrogens with zero attached hydrogens (tertiary/aromatic N) is 1. The quantitative estimate of drug-likeness (QED) is 0.835. The molecule has 2 rings (SSSR count). The van der Waals surface area contributed by atoms with E-state index in [-0.39, 0.29) is 27.7 Å². The molecule has 1 amide bonds. The molecule has 1 atom stereocenters. The molecule has 0 spiro atoms. The number of amides is 1. The highest BCUT2D eigenvalue weighted by atomic mass is 35.5. The van der Waals surface area contributed by atoms with Gasteiger partial charge in [0.2, 0.25) is 0 Å². The number of hydrogen-bond donors (Lipinski definition) is 2. The topological polar surface area (TPSA) is 68.0 Å². The molecule has 0 fully saturated rings. The van der Waals surface area contributed by atoms with E-state index in [1.54, 1.807) is 6.20 Å². The molecule has 1 heterocycles. The Bertz CT molecular complexity index is 593. The third-order valence-corrected chi connectivity index (χ3v) is 4.32. The fourth-order valence-electron chi connectivity index (χ4n) is 1.70. The molecule has 0 aliphatic carbocycles. The highest BCUT2D eigenvalue weighted by molar-refractivity contribution is 7.09. The Morgan fingerprint density at radius 3 is 2.60 bits per heavy atom. The molecule has 4 nitrogen and oxygen atoms in total. The first-order valence-corrected chi connectivity index (χ1v) is 7.61. The Morgan fingerprint density at radius 2 is 2.10 bits per heavy atom. The highest BCUT2D eigenvalue weighted by Crippen LogP contribution is 2.29. The number of anilines is 1. The number of nitrogen functional groups attached to an aromatic ring is 1. The molecule has 1 unspecified atom stereocenters. The van der Waals surface area contributed by atoms with Crippen molar-refractivity contribution in [2.24, 2.45) is 0 Å². The number of nitrogens with one attached hydrogen (secondary N) is 1. The summed E-state index contributed by atoms with van der Waals surface area (Å²) in [6.45, 7) is 1.98. The minimum Gasteiger partial charge on any atom is -0.396 e. The predicted molar refractivity (Wildman–Crippen MR) is 83.5 cm³/mol. The van der Waals surface area contributed by atoms with Crippen LogP contribution in [0.2, 0.25) is 10.0 Å². The van der Waals surface area contributed by atoms with E-state index in [0.29, 0.717) is 5.56 Å². The van der Waals surface area contributed by atoms with Crippen molar-refractivity contribution >= 4 is 46.1 Å². The third kappa shape index (κ3) is 3.23. The van der Waals surface area contributed by atoms with Gasteiger partial charge in [0, 0.05) is 17.1 Å². The van der Waals surface area contributed by atoms with Crippen LogP contribution >= 0.6 is 34.5 Å². The van der Waals surface area contributed by atoms with Crippen LogP contribution in [0.5, 0.6) is 0 Å². The van der Waals surface area contributed by atoms with Gasteiger partial charge in [0.25, 0.3) is 5.91 Å². The first kappa shape index (κ1) is 15.1. The van der Waals surface area contributed by atoms with Crippen molar-refractivity contribution in [1.29, 1.82) is 0 Å². The molecule has 0 aliphatic rings. The molecule has 7 heteroatoms. The van der Waals surface area contributed by atoms with Gasteiger partial charge in [-0.2, -0.15) is 0 Å². The van der Waals surface area contributed by atoms with Crippen LogP contribution in [0, 0.1) is 0 Å². The van der Waals surface area contributed by atoms with E-state index >= 15 is 0 Å².